The molecule has 2 aromatic carbocycles. The third-order valence-corrected chi connectivity index (χ3v) is 3.58. The van der Waals surface area contributed by atoms with Gasteiger partial charge in [-0.3, -0.25) is 9.59 Å². The molecule has 0 fully saturated rings. The fourth-order valence-corrected chi connectivity index (χ4v) is 2.26. The molecule has 0 saturated carbocycles. The van der Waals surface area contributed by atoms with Crippen LogP contribution in [0.15, 0.2) is 54.6 Å². The quantitative estimate of drug-likeness (QED) is 0.781. The molecular formula is C19H22N2O3. The van der Waals surface area contributed by atoms with E-state index < -0.39 is 5.91 Å². The number of aryl methyl sites for hydroxylation is 1. The summed E-state index contributed by atoms with van der Waals surface area (Å²) >= 11 is 0. The molecule has 5 heteroatoms. The van der Waals surface area contributed by atoms with Crippen molar-refractivity contribution in [2.24, 2.45) is 5.73 Å². The van der Waals surface area contributed by atoms with E-state index in [1.165, 1.54) is 5.56 Å². The molecular weight excluding hydrogens is 304 g/mol. The number of rotatable bonds is 8. The molecule has 0 saturated heterocycles. The highest BCUT2D eigenvalue weighted by atomic mass is 16.5. The Labute approximate surface area is 141 Å². The summed E-state index contributed by atoms with van der Waals surface area (Å²) in [4.78, 5) is 22.9. The predicted molar refractivity (Wildman–Crippen MR) is 92.8 cm³/mol. The molecule has 24 heavy (non-hydrogen) atoms. The number of hydrogen-bond acceptors (Lipinski definition) is 3. The summed E-state index contributed by atoms with van der Waals surface area (Å²) in [5.74, 6) is -0.163. The number of nitrogens with two attached hydrogens (primary N) is 1. The van der Waals surface area contributed by atoms with Crippen molar-refractivity contribution in [3.63, 3.8) is 0 Å². The number of primary amides is 1. The Hall–Kier alpha value is -2.82. The fourth-order valence-electron chi connectivity index (χ4n) is 2.26. The number of ether oxygens (including phenoxy) is 1. The molecule has 0 aliphatic rings. The van der Waals surface area contributed by atoms with Crippen LogP contribution >= 0.6 is 0 Å². The summed E-state index contributed by atoms with van der Waals surface area (Å²) in [6, 6.07) is 16.9. The van der Waals surface area contributed by atoms with E-state index in [0.717, 1.165) is 12.8 Å². The molecule has 1 unspecified atom stereocenters. The minimum atomic E-state index is -0.538. The first-order valence-electron chi connectivity index (χ1n) is 7.90. The van der Waals surface area contributed by atoms with Gasteiger partial charge >= 0.3 is 0 Å². The molecule has 2 amide bonds. The Balaban J connectivity index is 1.81. The largest absolute Gasteiger partial charge is 0.484 e. The monoisotopic (exact) mass is 326 g/mol. The number of amides is 2. The second kappa shape index (κ2) is 8.72. The Morgan fingerprint density at radius 1 is 1.08 bits per heavy atom. The van der Waals surface area contributed by atoms with Crippen molar-refractivity contribution in [3.8, 4) is 5.75 Å². The van der Waals surface area contributed by atoms with Crippen molar-refractivity contribution in [2.75, 3.05) is 6.61 Å². The van der Waals surface area contributed by atoms with Crippen molar-refractivity contribution in [3.05, 3.63) is 65.7 Å². The molecule has 0 spiro atoms. The van der Waals surface area contributed by atoms with Crippen LogP contribution in [0.3, 0.4) is 0 Å². The Morgan fingerprint density at radius 2 is 1.75 bits per heavy atom. The molecule has 5 nitrogen and oxygen atoms in total. The van der Waals surface area contributed by atoms with E-state index in [9.17, 15) is 9.59 Å². The maximum Gasteiger partial charge on any atom is 0.255 e. The van der Waals surface area contributed by atoms with Crippen LogP contribution in [0.1, 0.15) is 29.3 Å². The number of benzene rings is 2. The molecule has 1 atom stereocenters. The van der Waals surface area contributed by atoms with Crippen LogP contribution in [-0.4, -0.2) is 24.5 Å². The molecule has 2 aromatic rings. The average molecular weight is 326 g/mol. The van der Waals surface area contributed by atoms with Gasteiger partial charge in [0, 0.05) is 11.6 Å². The highest BCUT2D eigenvalue weighted by molar-refractivity contribution is 5.94. The maximum absolute atomic E-state index is 12.2. The van der Waals surface area contributed by atoms with Crippen molar-refractivity contribution < 1.29 is 14.3 Å². The average Bonchev–Trinajstić information content (AvgIpc) is 2.59. The van der Waals surface area contributed by atoms with Crippen LogP contribution in [-0.2, 0) is 11.2 Å². The molecule has 3 N–H and O–H groups in total. The van der Waals surface area contributed by atoms with Gasteiger partial charge in [0.25, 0.3) is 11.8 Å². The fraction of sp³-hybridized carbons (Fsp3) is 0.263. The molecule has 0 aliphatic heterocycles. The van der Waals surface area contributed by atoms with Gasteiger partial charge in [0.1, 0.15) is 5.75 Å². The van der Waals surface area contributed by atoms with Gasteiger partial charge in [0.2, 0.25) is 0 Å². The predicted octanol–water partition coefficient (Wildman–Crippen LogP) is 2.30. The second-order valence-electron chi connectivity index (χ2n) is 5.68. The number of carbonyl (C=O) groups excluding carboxylic acids is 2. The van der Waals surface area contributed by atoms with Crippen LogP contribution < -0.4 is 15.8 Å². The Kier molecular flexibility index (Phi) is 6.37. The number of nitrogens with one attached hydrogen (secondary N) is 1. The molecule has 0 bridgehead atoms. The van der Waals surface area contributed by atoms with Gasteiger partial charge in [-0.15, -0.1) is 0 Å². The molecule has 0 heterocycles. The third-order valence-electron chi connectivity index (χ3n) is 3.58. The van der Waals surface area contributed by atoms with Crippen molar-refractivity contribution >= 4 is 11.8 Å². The highest BCUT2D eigenvalue weighted by Crippen LogP contribution is 2.12. The Bertz CT molecular complexity index is 669. The minimum absolute atomic E-state index is 0.0727. The topological polar surface area (TPSA) is 81.4 Å². The zero-order chi connectivity index (χ0) is 17.4. The van der Waals surface area contributed by atoms with E-state index in [0.29, 0.717) is 11.3 Å². The SMILES string of the molecule is CC(CCc1ccccc1)NC(=O)c1ccc(OCC(N)=O)cc1. The smallest absolute Gasteiger partial charge is 0.255 e. The standard InChI is InChI=1S/C19H22N2O3/c1-14(7-8-15-5-3-2-4-6-15)21-19(23)16-9-11-17(12-10-16)24-13-18(20)22/h2-6,9-12,14H,7-8,13H2,1H3,(H2,20,22)(H,21,23). The van der Waals surface area contributed by atoms with E-state index in [1.54, 1.807) is 24.3 Å². The van der Waals surface area contributed by atoms with Crippen LogP contribution in [0.4, 0.5) is 0 Å². The molecule has 0 radical (unpaired) electrons. The van der Waals surface area contributed by atoms with Gasteiger partial charge in [-0.25, -0.2) is 0 Å². The van der Waals surface area contributed by atoms with E-state index >= 15 is 0 Å². The lowest BCUT2D eigenvalue weighted by Gasteiger charge is -2.14. The van der Waals surface area contributed by atoms with E-state index in [2.05, 4.69) is 17.4 Å². The molecule has 2 rings (SSSR count). The van der Waals surface area contributed by atoms with Gasteiger partial charge < -0.3 is 15.8 Å². The summed E-state index contributed by atoms with van der Waals surface area (Å²) in [7, 11) is 0. The van der Waals surface area contributed by atoms with Crippen molar-refractivity contribution in [1.29, 1.82) is 0 Å². The number of hydrogen-bond donors (Lipinski definition) is 2. The third kappa shape index (κ3) is 5.76. The van der Waals surface area contributed by atoms with E-state index in [4.69, 9.17) is 10.5 Å². The number of carbonyl (C=O) groups is 2. The lowest BCUT2D eigenvalue weighted by Crippen LogP contribution is -2.32. The first-order valence-corrected chi connectivity index (χ1v) is 7.90. The molecule has 0 aliphatic carbocycles. The summed E-state index contributed by atoms with van der Waals surface area (Å²) in [5, 5.41) is 2.98. The van der Waals surface area contributed by atoms with Crippen molar-refractivity contribution in [2.45, 2.75) is 25.8 Å². The summed E-state index contributed by atoms with van der Waals surface area (Å²) in [5.41, 5.74) is 6.82. The zero-order valence-electron chi connectivity index (χ0n) is 13.7. The first kappa shape index (κ1) is 17.5. The normalized spacial score (nSPS) is 11.5. The second-order valence-corrected chi connectivity index (χ2v) is 5.68. The van der Waals surface area contributed by atoms with E-state index in [-0.39, 0.29) is 18.6 Å². The van der Waals surface area contributed by atoms with E-state index in [1.807, 2.05) is 25.1 Å². The highest BCUT2D eigenvalue weighted by Gasteiger charge is 2.10. The lowest BCUT2D eigenvalue weighted by molar-refractivity contribution is -0.119. The van der Waals surface area contributed by atoms with Crippen LogP contribution in [0, 0.1) is 0 Å². The zero-order valence-corrected chi connectivity index (χ0v) is 13.7. The molecule has 0 aromatic heterocycles. The van der Waals surface area contributed by atoms with Crippen LogP contribution in [0.2, 0.25) is 0 Å². The Morgan fingerprint density at radius 3 is 2.38 bits per heavy atom. The molecule has 126 valence electrons. The van der Waals surface area contributed by atoms with Gasteiger partial charge in [-0.05, 0) is 49.6 Å². The van der Waals surface area contributed by atoms with Gasteiger partial charge in [0.15, 0.2) is 6.61 Å². The van der Waals surface area contributed by atoms with Crippen LogP contribution in [0.5, 0.6) is 5.75 Å². The van der Waals surface area contributed by atoms with Gasteiger partial charge in [-0.1, -0.05) is 30.3 Å². The summed E-state index contributed by atoms with van der Waals surface area (Å²) < 4.78 is 5.16. The van der Waals surface area contributed by atoms with Gasteiger partial charge in [-0.2, -0.15) is 0 Å². The van der Waals surface area contributed by atoms with Gasteiger partial charge in [0.05, 0.1) is 0 Å². The summed E-state index contributed by atoms with van der Waals surface area (Å²) in [6.07, 6.45) is 1.79. The minimum Gasteiger partial charge on any atom is -0.484 e. The maximum atomic E-state index is 12.2. The van der Waals surface area contributed by atoms with Crippen molar-refractivity contribution in [1.82, 2.24) is 5.32 Å². The summed E-state index contributed by atoms with van der Waals surface area (Å²) in [6.45, 7) is 1.81. The van der Waals surface area contributed by atoms with Crippen LogP contribution in [0.25, 0.3) is 0 Å². The lowest BCUT2D eigenvalue weighted by atomic mass is 10.1. The first-order chi connectivity index (χ1) is 11.5.